The minimum Gasteiger partial charge on any atom is -0.352 e. The zero-order valence-corrected chi connectivity index (χ0v) is 16.3. The summed E-state index contributed by atoms with van der Waals surface area (Å²) in [4.78, 5) is 24.8. The second-order valence-corrected chi connectivity index (χ2v) is 7.26. The van der Waals surface area contributed by atoms with Crippen LogP contribution in [0.3, 0.4) is 0 Å². The summed E-state index contributed by atoms with van der Waals surface area (Å²) in [5, 5.41) is 8.74. The van der Waals surface area contributed by atoms with E-state index < -0.39 is 5.54 Å². The Hall–Kier alpha value is -2.89. The lowest BCUT2D eigenvalue weighted by atomic mass is 9.88. The lowest BCUT2D eigenvalue weighted by Gasteiger charge is -2.31. The van der Waals surface area contributed by atoms with Gasteiger partial charge in [-0.05, 0) is 62.1 Å². The highest BCUT2D eigenvalue weighted by atomic mass is 19.1. The Labute approximate surface area is 164 Å². The molecule has 0 radical (unpaired) electrons. The molecule has 0 unspecified atom stereocenters. The summed E-state index contributed by atoms with van der Waals surface area (Å²) in [5.41, 5.74) is 2.37. The molecule has 3 amide bonds. The molecule has 28 heavy (non-hydrogen) atoms. The molecular formula is C22H26FN3O2. The van der Waals surface area contributed by atoms with E-state index in [4.69, 9.17) is 0 Å². The second kappa shape index (κ2) is 8.42. The van der Waals surface area contributed by atoms with Gasteiger partial charge in [-0.3, -0.25) is 4.79 Å². The van der Waals surface area contributed by atoms with Crippen molar-refractivity contribution >= 4 is 17.6 Å². The van der Waals surface area contributed by atoms with E-state index >= 15 is 0 Å². The molecule has 0 aliphatic heterocycles. The Kier molecular flexibility index (Phi) is 5.97. The highest BCUT2D eigenvalue weighted by Gasteiger charge is 2.37. The molecule has 148 valence electrons. The van der Waals surface area contributed by atoms with Gasteiger partial charge in [0.1, 0.15) is 5.82 Å². The first kappa shape index (κ1) is 19.9. The number of aryl methyl sites for hydroxylation is 1. The zero-order valence-electron chi connectivity index (χ0n) is 16.3. The molecule has 2 aromatic rings. The van der Waals surface area contributed by atoms with E-state index in [2.05, 4.69) is 16.0 Å². The Morgan fingerprint density at radius 1 is 1.07 bits per heavy atom. The molecule has 0 heterocycles. The summed E-state index contributed by atoms with van der Waals surface area (Å²) in [6.07, 6.45) is 3.63. The van der Waals surface area contributed by atoms with E-state index in [1.165, 1.54) is 12.1 Å². The number of amides is 3. The van der Waals surface area contributed by atoms with Crippen molar-refractivity contribution in [2.45, 2.75) is 45.1 Å². The van der Waals surface area contributed by atoms with E-state index in [0.717, 1.165) is 36.8 Å². The van der Waals surface area contributed by atoms with Crippen molar-refractivity contribution < 1.29 is 14.0 Å². The van der Waals surface area contributed by atoms with Gasteiger partial charge in [0.25, 0.3) is 5.91 Å². The topological polar surface area (TPSA) is 70.2 Å². The summed E-state index contributed by atoms with van der Waals surface area (Å²) in [6, 6.07) is 11.2. The van der Waals surface area contributed by atoms with Crippen molar-refractivity contribution in [2.24, 2.45) is 0 Å². The molecule has 3 rings (SSSR count). The number of carbonyl (C=O) groups is 2. The van der Waals surface area contributed by atoms with Gasteiger partial charge < -0.3 is 16.0 Å². The van der Waals surface area contributed by atoms with Crippen LogP contribution >= 0.6 is 0 Å². The SMILES string of the molecule is CCNC(=O)c1ccc(C)c(NC(=O)NC2(c3ccc(F)cc3)CCCC2)c1. The molecule has 2 aromatic carbocycles. The van der Waals surface area contributed by atoms with E-state index in [-0.39, 0.29) is 17.8 Å². The summed E-state index contributed by atoms with van der Waals surface area (Å²) in [6.45, 7) is 4.27. The summed E-state index contributed by atoms with van der Waals surface area (Å²) >= 11 is 0. The number of hydrogen-bond acceptors (Lipinski definition) is 2. The molecule has 1 saturated carbocycles. The monoisotopic (exact) mass is 383 g/mol. The van der Waals surface area contributed by atoms with Crippen molar-refractivity contribution in [3.63, 3.8) is 0 Å². The first-order valence-corrected chi connectivity index (χ1v) is 9.67. The van der Waals surface area contributed by atoms with Crippen LogP contribution in [0.4, 0.5) is 14.9 Å². The standard InChI is InChI=1S/C22H26FN3O2/c1-3-24-20(27)16-7-6-15(2)19(14-16)25-21(28)26-22(12-4-5-13-22)17-8-10-18(23)11-9-17/h6-11,14H,3-5,12-13H2,1-2H3,(H,24,27)(H2,25,26,28). The van der Waals surface area contributed by atoms with Crippen LogP contribution in [0.25, 0.3) is 0 Å². The van der Waals surface area contributed by atoms with Crippen LogP contribution in [-0.4, -0.2) is 18.5 Å². The molecule has 5 nitrogen and oxygen atoms in total. The van der Waals surface area contributed by atoms with Gasteiger partial charge in [0, 0.05) is 17.8 Å². The Morgan fingerprint density at radius 2 is 1.75 bits per heavy atom. The number of benzene rings is 2. The number of urea groups is 1. The molecule has 1 aliphatic rings. The van der Waals surface area contributed by atoms with Crippen LogP contribution < -0.4 is 16.0 Å². The molecule has 0 bridgehead atoms. The molecule has 0 saturated heterocycles. The fourth-order valence-electron chi connectivity index (χ4n) is 3.76. The third kappa shape index (κ3) is 4.32. The Bertz CT molecular complexity index is 859. The van der Waals surface area contributed by atoms with Gasteiger partial charge in [0.15, 0.2) is 0 Å². The zero-order chi connectivity index (χ0) is 20.1. The van der Waals surface area contributed by atoms with E-state index in [0.29, 0.717) is 17.8 Å². The highest BCUT2D eigenvalue weighted by molar-refractivity contribution is 5.97. The first-order chi connectivity index (χ1) is 13.4. The van der Waals surface area contributed by atoms with E-state index in [1.54, 1.807) is 24.3 Å². The summed E-state index contributed by atoms with van der Waals surface area (Å²) in [5.74, 6) is -0.469. The van der Waals surface area contributed by atoms with Crippen molar-refractivity contribution in [3.05, 3.63) is 65.0 Å². The van der Waals surface area contributed by atoms with Crippen molar-refractivity contribution in [2.75, 3.05) is 11.9 Å². The molecule has 0 spiro atoms. The van der Waals surface area contributed by atoms with Crippen LogP contribution in [0.15, 0.2) is 42.5 Å². The van der Waals surface area contributed by atoms with Crippen LogP contribution in [-0.2, 0) is 5.54 Å². The van der Waals surface area contributed by atoms with Crippen molar-refractivity contribution in [1.29, 1.82) is 0 Å². The minimum absolute atomic E-state index is 0.176. The second-order valence-electron chi connectivity index (χ2n) is 7.26. The maximum atomic E-state index is 13.3. The molecule has 0 aromatic heterocycles. The first-order valence-electron chi connectivity index (χ1n) is 9.67. The van der Waals surface area contributed by atoms with Gasteiger partial charge in [-0.2, -0.15) is 0 Å². The third-order valence-corrected chi connectivity index (χ3v) is 5.29. The van der Waals surface area contributed by atoms with Crippen molar-refractivity contribution in [1.82, 2.24) is 10.6 Å². The summed E-state index contributed by atoms with van der Waals surface area (Å²) < 4.78 is 13.3. The predicted octanol–water partition coefficient (Wildman–Crippen LogP) is 4.47. The molecule has 1 aliphatic carbocycles. The van der Waals surface area contributed by atoms with Gasteiger partial charge in [-0.1, -0.05) is 31.0 Å². The molecule has 3 N–H and O–H groups in total. The number of anilines is 1. The predicted molar refractivity (Wildman–Crippen MR) is 108 cm³/mol. The smallest absolute Gasteiger partial charge is 0.319 e. The van der Waals surface area contributed by atoms with Gasteiger partial charge in [-0.25, -0.2) is 9.18 Å². The fraction of sp³-hybridized carbons (Fsp3) is 0.364. The number of nitrogens with one attached hydrogen (secondary N) is 3. The fourth-order valence-corrected chi connectivity index (χ4v) is 3.76. The highest BCUT2D eigenvalue weighted by Crippen LogP contribution is 2.38. The van der Waals surface area contributed by atoms with Gasteiger partial charge in [0.2, 0.25) is 0 Å². The largest absolute Gasteiger partial charge is 0.352 e. The van der Waals surface area contributed by atoms with Crippen LogP contribution in [0.1, 0.15) is 54.1 Å². The Morgan fingerprint density at radius 3 is 2.39 bits per heavy atom. The van der Waals surface area contributed by atoms with E-state index in [9.17, 15) is 14.0 Å². The van der Waals surface area contributed by atoms with Crippen LogP contribution in [0, 0.1) is 12.7 Å². The average molecular weight is 383 g/mol. The molecule has 0 atom stereocenters. The number of rotatable bonds is 5. The number of halogens is 1. The maximum Gasteiger partial charge on any atom is 0.319 e. The van der Waals surface area contributed by atoms with E-state index in [1.807, 2.05) is 19.9 Å². The lowest BCUT2D eigenvalue weighted by Crippen LogP contribution is -2.46. The lowest BCUT2D eigenvalue weighted by molar-refractivity contribution is 0.0956. The number of hydrogen-bond donors (Lipinski definition) is 3. The third-order valence-electron chi connectivity index (χ3n) is 5.29. The molecular weight excluding hydrogens is 357 g/mol. The van der Waals surface area contributed by atoms with Crippen molar-refractivity contribution in [3.8, 4) is 0 Å². The number of carbonyl (C=O) groups excluding carboxylic acids is 2. The normalized spacial score (nSPS) is 15.1. The molecule has 1 fully saturated rings. The van der Waals surface area contributed by atoms with Gasteiger partial charge >= 0.3 is 6.03 Å². The summed E-state index contributed by atoms with van der Waals surface area (Å²) in [7, 11) is 0. The Balaban J connectivity index is 1.78. The van der Waals surface area contributed by atoms with Crippen LogP contribution in [0.2, 0.25) is 0 Å². The molecule has 6 heteroatoms. The maximum absolute atomic E-state index is 13.3. The van der Waals surface area contributed by atoms with Gasteiger partial charge in [0.05, 0.1) is 5.54 Å². The average Bonchev–Trinajstić information content (AvgIpc) is 3.13. The quantitative estimate of drug-likeness (QED) is 0.713. The van der Waals surface area contributed by atoms with Crippen LogP contribution in [0.5, 0.6) is 0 Å². The minimum atomic E-state index is -0.497. The van der Waals surface area contributed by atoms with Gasteiger partial charge in [-0.15, -0.1) is 0 Å².